The van der Waals surface area contributed by atoms with E-state index in [4.69, 9.17) is 9.26 Å². The highest BCUT2D eigenvalue weighted by Gasteiger charge is 2.28. The number of ether oxygens (including phenoxy) is 1. The molecule has 0 radical (unpaired) electrons. The van der Waals surface area contributed by atoms with E-state index in [0.717, 1.165) is 30.5 Å². The molecule has 1 aliphatic heterocycles. The molecule has 0 spiro atoms. The molecule has 1 aliphatic rings. The van der Waals surface area contributed by atoms with Crippen molar-refractivity contribution in [2.45, 2.75) is 51.2 Å². The van der Waals surface area contributed by atoms with Crippen LogP contribution in [0.2, 0.25) is 0 Å². The molecule has 8 nitrogen and oxygen atoms in total. The molecule has 2 heterocycles. The molecule has 1 saturated heterocycles. The van der Waals surface area contributed by atoms with Gasteiger partial charge >= 0.3 is 0 Å². The quantitative estimate of drug-likeness (QED) is 0.520. The number of rotatable bonds is 8. The van der Waals surface area contributed by atoms with Gasteiger partial charge in [-0.1, -0.05) is 35.8 Å². The van der Waals surface area contributed by atoms with Gasteiger partial charge in [0.25, 0.3) is 5.91 Å². The zero-order valence-corrected chi connectivity index (χ0v) is 20.2. The topological polar surface area (TPSA) is 102 Å². The Labute approximate surface area is 200 Å². The number of hydrogen-bond donors (Lipinski definition) is 1. The van der Waals surface area contributed by atoms with Gasteiger partial charge in [-0.15, -0.1) is 0 Å². The highest BCUT2D eigenvalue weighted by atomic mass is 32.2. The third-order valence-corrected chi connectivity index (χ3v) is 8.00. The molecule has 4 rings (SSSR count). The largest absolute Gasteiger partial charge is 0.489 e. The lowest BCUT2D eigenvalue weighted by Gasteiger charge is -2.26. The molecule has 0 atom stereocenters. The maximum Gasteiger partial charge on any atom is 0.251 e. The van der Waals surface area contributed by atoms with Gasteiger partial charge in [0.05, 0.1) is 16.2 Å². The predicted octanol–water partition coefficient (Wildman–Crippen LogP) is 3.98. The van der Waals surface area contributed by atoms with Crippen LogP contribution in [0.25, 0.3) is 0 Å². The van der Waals surface area contributed by atoms with Crippen molar-refractivity contribution in [3.63, 3.8) is 0 Å². The third kappa shape index (κ3) is 5.31. The second-order valence-electron chi connectivity index (χ2n) is 8.37. The zero-order chi connectivity index (χ0) is 24.1. The lowest BCUT2D eigenvalue weighted by atomic mass is 10.1. The summed E-state index contributed by atoms with van der Waals surface area (Å²) >= 11 is 0. The first-order valence-electron chi connectivity index (χ1n) is 11.4. The summed E-state index contributed by atoms with van der Waals surface area (Å²) < 4.78 is 38.9. The summed E-state index contributed by atoms with van der Waals surface area (Å²) in [4.78, 5) is 13.1. The lowest BCUT2D eigenvalue weighted by molar-refractivity contribution is 0.0950. The lowest BCUT2D eigenvalue weighted by Crippen LogP contribution is -2.36. The maximum atomic E-state index is 13.2. The van der Waals surface area contributed by atoms with Crippen molar-refractivity contribution in [1.29, 1.82) is 0 Å². The van der Waals surface area contributed by atoms with Crippen molar-refractivity contribution in [2.75, 3.05) is 13.1 Å². The molecule has 1 aromatic heterocycles. The van der Waals surface area contributed by atoms with Gasteiger partial charge in [-0.25, -0.2) is 8.42 Å². The molecule has 34 heavy (non-hydrogen) atoms. The number of sulfonamides is 1. The van der Waals surface area contributed by atoms with Crippen molar-refractivity contribution >= 4 is 15.9 Å². The van der Waals surface area contributed by atoms with Crippen molar-refractivity contribution in [2.24, 2.45) is 0 Å². The second kappa shape index (κ2) is 10.4. The SMILES string of the molecule is Cc1noc(C)c1COc1cccc(C(=O)NCc2ccccc2S(=O)(=O)N2CCCCC2)c1. The van der Waals surface area contributed by atoms with E-state index < -0.39 is 10.0 Å². The fraction of sp³-hybridized carbons (Fsp3) is 0.360. The molecular weight excluding hydrogens is 454 g/mol. The summed E-state index contributed by atoms with van der Waals surface area (Å²) in [6.45, 7) is 5.13. The molecule has 1 amide bonds. The Kier molecular flexibility index (Phi) is 7.33. The van der Waals surface area contributed by atoms with Gasteiger partial charge in [0.15, 0.2) is 0 Å². The minimum atomic E-state index is -3.60. The predicted molar refractivity (Wildman–Crippen MR) is 127 cm³/mol. The molecule has 2 aromatic carbocycles. The van der Waals surface area contributed by atoms with E-state index in [9.17, 15) is 13.2 Å². The number of benzene rings is 2. The first kappa shape index (κ1) is 24.0. The normalized spacial score (nSPS) is 14.6. The van der Waals surface area contributed by atoms with E-state index in [0.29, 0.717) is 35.7 Å². The molecule has 180 valence electrons. The van der Waals surface area contributed by atoms with Crippen LogP contribution in [0, 0.1) is 13.8 Å². The summed E-state index contributed by atoms with van der Waals surface area (Å²) in [5, 5.41) is 6.76. The van der Waals surface area contributed by atoms with Crippen LogP contribution in [-0.4, -0.2) is 36.9 Å². The fourth-order valence-electron chi connectivity index (χ4n) is 4.01. The summed E-state index contributed by atoms with van der Waals surface area (Å²) in [6, 6.07) is 13.7. The van der Waals surface area contributed by atoms with Crippen LogP contribution in [-0.2, 0) is 23.2 Å². The standard InChI is InChI=1S/C25H29N3O5S/c1-18-23(19(2)33-27-18)17-32-22-11-8-10-20(15-22)25(29)26-16-21-9-4-5-12-24(21)34(30,31)28-13-6-3-7-14-28/h4-5,8-12,15H,3,6-7,13-14,16-17H2,1-2H3,(H,26,29). The molecular formula is C25H29N3O5S. The first-order valence-corrected chi connectivity index (χ1v) is 12.8. The monoisotopic (exact) mass is 483 g/mol. The average molecular weight is 484 g/mol. The minimum Gasteiger partial charge on any atom is -0.489 e. The van der Waals surface area contributed by atoms with Crippen LogP contribution in [0.15, 0.2) is 57.9 Å². The van der Waals surface area contributed by atoms with E-state index in [1.807, 2.05) is 13.8 Å². The zero-order valence-electron chi connectivity index (χ0n) is 19.4. The van der Waals surface area contributed by atoms with Crippen LogP contribution in [0.4, 0.5) is 0 Å². The number of aryl methyl sites for hydroxylation is 2. The molecule has 0 bridgehead atoms. The van der Waals surface area contributed by atoms with E-state index in [2.05, 4.69) is 10.5 Å². The van der Waals surface area contributed by atoms with Gasteiger partial charge in [0.2, 0.25) is 10.0 Å². The summed E-state index contributed by atoms with van der Waals surface area (Å²) in [7, 11) is -3.60. The minimum absolute atomic E-state index is 0.103. The highest BCUT2D eigenvalue weighted by molar-refractivity contribution is 7.89. The van der Waals surface area contributed by atoms with E-state index in [-0.39, 0.29) is 24.0 Å². The van der Waals surface area contributed by atoms with Crippen molar-refractivity contribution in [3.05, 3.63) is 76.7 Å². The summed E-state index contributed by atoms with van der Waals surface area (Å²) in [5.41, 5.74) is 2.63. The van der Waals surface area contributed by atoms with Crippen LogP contribution in [0.5, 0.6) is 5.75 Å². The van der Waals surface area contributed by atoms with Gasteiger partial charge in [-0.2, -0.15) is 4.31 Å². The van der Waals surface area contributed by atoms with Crippen molar-refractivity contribution < 1.29 is 22.5 Å². The van der Waals surface area contributed by atoms with E-state index in [1.165, 1.54) is 4.31 Å². The number of carbonyl (C=O) groups excluding carboxylic acids is 1. The number of amides is 1. The Morgan fingerprint density at radius 1 is 1.09 bits per heavy atom. The number of nitrogens with zero attached hydrogens (tertiary/aromatic N) is 2. The molecule has 3 aromatic rings. The van der Waals surface area contributed by atoms with Gasteiger partial charge in [0.1, 0.15) is 18.1 Å². The molecule has 1 fully saturated rings. The first-order chi connectivity index (χ1) is 16.4. The number of nitrogens with one attached hydrogen (secondary N) is 1. The Morgan fingerprint density at radius 2 is 1.85 bits per heavy atom. The van der Waals surface area contributed by atoms with Gasteiger partial charge in [-0.3, -0.25) is 4.79 Å². The number of aromatic nitrogens is 1. The maximum absolute atomic E-state index is 13.2. The third-order valence-electron chi connectivity index (χ3n) is 6.01. The van der Waals surface area contributed by atoms with Crippen LogP contribution < -0.4 is 10.1 Å². The van der Waals surface area contributed by atoms with E-state index >= 15 is 0 Å². The Balaban J connectivity index is 1.43. The fourth-order valence-corrected chi connectivity index (χ4v) is 5.75. The van der Waals surface area contributed by atoms with Crippen LogP contribution >= 0.6 is 0 Å². The Morgan fingerprint density at radius 3 is 2.59 bits per heavy atom. The van der Waals surface area contributed by atoms with Crippen LogP contribution in [0.3, 0.4) is 0 Å². The number of hydrogen-bond acceptors (Lipinski definition) is 6. The smallest absolute Gasteiger partial charge is 0.251 e. The summed E-state index contributed by atoms with van der Waals surface area (Å²) in [5.74, 6) is 0.929. The molecule has 0 aliphatic carbocycles. The Hall–Kier alpha value is -3.17. The second-order valence-corrected chi connectivity index (χ2v) is 10.3. The van der Waals surface area contributed by atoms with Crippen molar-refractivity contribution in [1.82, 2.24) is 14.8 Å². The van der Waals surface area contributed by atoms with Gasteiger partial charge in [-0.05, 0) is 56.5 Å². The molecule has 1 N–H and O–H groups in total. The Bertz CT molecular complexity index is 1240. The highest BCUT2D eigenvalue weighted by Crippen LogP contribution is 2.24. The van der Waals surface area contributed by atoms with Gasteiger partial charge in [0, 0.05) is 25.2 Å². The number of piperidine rings is 1. The number of carbonyl (C=O) groups is 1. The van der Waals surface area contributed by atoms with E-state index in [1.54, 1.807) is 48.5 Å². The molecule has 9 heteroatoms. The van der Waals surface area contributed by atoms with Crippen molar-refractivity contribution in [3.8, 4) is 5.75 Å². The van der Waals surface area contributed by atoms with Gasteiger partial charge < -0.3 is 14.6 Å². The van der Waals surface area contributed by atoms with Crippen LogP contribution in [0.1, 0.15) is 52.2 Å². The average Bonchev–Trinajstić information content (AvgIpc) is 3.19. The summed E-state index contributed by atoms with van der Waals surface area (Å²) in [6.07, 6.45) is 2.78. The molecule has 0 unspecified atom stereocenters. The molecule has 0 saturated carbocycles.